The summed E-state index contributed by atoms with van der Waals surface area (Å²) in [6.07, 6.45) is -2.09. The maximum atomic E-state index is 13.5. The third-order valence-corrected chi connectivity index (χ3v) is 7.02. The van der Waals surface area contributed by atoms with Crippen molar-refractivity contribution in [2.75, 3.05) is 26.2 Å². The summed E-state index contributed by atoms with van der Waals surface area (Å²) in [5.74, 6) is -0.825. The molecule has 11 heteroatoms. The molecule has 4 rings (SSSR count). The molecule has 2 heterocycles. The molecular weight excluding hydrogens is 548 g/mol. The SMILES string of the molecule is CCc1ccc(C[C@@H]2CN(CC=Cc3cccnc3)CCN2C(=O)c2cc(C(F)(F)F)cc(C(F)(F)F)c2)cc1O. The second kappa shape index (κ2) is 12.3. The number of carbonyl (C=O) groups excluding carboxylic acids is 1. The number of aromatic hydroxyl groups is 1. The van der Waals surface area contributed by atoms with E-state index in [1.165, 1.54) is 4.90 Å². The van der Waals surface area contributed by atoms with Gasteiger partial charge in [0, 0.05) is 50.2 Å². The van der Waals surface area contributed by atoms with Crippen LogP contribution in [-0.2, 0) is 25.2 Å². The highest BCUT2D eigenvalue weighted by molar-refractivity contribution is 5.95. The van der Waals surface area contributed by atoms with Gasteiger partial charge in [-0.15, -0.1) is 0 Å². The minimum absolute atomic E-state index is 0.0128. The molecule has 41 heavy (non-hydrogen) atoms. The number of nitrogens with zero attached hydrogens (tertiary/aromatic N) is 3. The van der Waals surface area contributed by atoms with Crippen LogP contribution in [0.1, 0.15) is 45.1 Å². The Morgan fingerprint density at radius 2 is 1.73 bits per heavy atom. The lowest BCUT2D eigenvalue weighted by molar-refractivity contribution is -0.143. The maximum Gasteiger partial charge on any atom is 0.416 e. The van der Waals surface area contributed by atoms with Crippen molar-refractivity contribution in [1.29, 1.82) is 0 Å². The van der Waals surface area contributed by atoms with Gasteiger partial charge >= 0.3 is 12.4 Å². The van der Waals surface area contributed by atoms with Gasteiger partial charge in [-0.25, -0.2) is 0 Å². The Morgan fingerprint density at radius 3 is 2.32 bits per heavy atom. The zero-order chi connectivity index (χ0) is 29.8. The van der Waals surface area contributed by atoms with Gasteiger partial charge in [0.2, 0.25) is 0 Å². The second-order valence-corrected chi connectivity index (χ2v) is 9.92. The summed E-state index contributed by atoms with van der Waals surface area (Å²) >= 11 is 0. The fourth-order valence-corrected chi connectivity index (χ4v) is 4.89. The van der Waals surface area contributed by atoms with Gasteiger partial charge in [-0.3, -0.25) is 14.7 Å². The van der Waals surface area contributed by atoms with Crippen molar-refractivity contribution in [2.45, 2.75) is 38.2 Å². The molecule has 1 fully saturated rings. The molecule has 218 valence electrons. The number of halogens is 6. The molecule has 1 aromatic heterocycles. The third kappa shape index (κ3) is 7.66. The largest absolute Gasteiger partial charge is 0.508 e. The molecule has 1 aliphatic heterocycles. The first-order chi connectivity index (χ1) is 19.3. The Morgan fingerprint density at radius 1 is 1.02 bits per heavy atom. The number of amides is 1. The van der Waals surface area contributed by atoms with E-state index >= 15 is 0 Å². The van der Waals surface area contributed by atoms with E-state index < -0.39 is 41.0 Å². The quantitative estimate of drug-likeness (QED) is 0.327. The van der Waals surface area contributed by atoms with Crippen LogP contribution in [0, 0.1) is 0 Å². The number of hydrogen-bond donors (Lipinski definition) is 1. The van der Waals surface area contributed by atoms with E-state index in [4.69, 9.17) is 0 Å². The number of aromatic nitrogens is 1. The smallest absolute Gasteiger partial charge is 0.416 e. The van der Waals surface area contributed by atoms with Crippen LogP contribution in [0.3, 0.4) is 0 Å². The summed E-state index contributed by atoms with van der Waals surface area (Å²) in [7, 11) is 0. The van der Waals surface area contributed by atoms with Crippen LogP contribution in [-0.4, -0.2) is 58.0 Å². The minimum atomic E-state index is -5.06. The molecule has 1 amide bonds. The normalized spacial score (nSPS) is 16.9. The number of phenolic OH excluding ortho intramolecular Hbond substituents is 1. The van der Waals surface area contributed by atoms with Crippen molar-refractivity contribution in [1.82, 2.24) is 14.8 Å². The van der Waals surface area contributed by atoms with Gasteiger partial charge < -0.3 is 10.0 Å². The molecule has 1 aliphatic rings. The fourth-order valence-electron chi connectivity index (χ4n) is 4.89. The van der Waals surface area contributed by atoms with Crippen LogP contribution >= 0.6 is 0 Å². The number of rotatable bonds is 7. The molecule has 3 aromatic rings. The average Bonchev–Trinajstić information content (AvgIpc) is 2.92. The Hall–Kier alpha value is -3.86. The topological polar surface area (TPSA) is 56.7 Å². The first kappa shape index (κ1) is 30.1. The first-order valence-electron chi connectivity index (χ1n) is 13.0. The van der Waals surface area contributed by atoms with E-state index in [9.17, 15) is 36.2 Å². The molecule has 0 saturated carbocycles. The number of phenols is 1. The Bertz CT molecular complexity index is 1360. The van der Waals surface area contributed by atoms with Crippen molar-refractivity contribution in [3.8, 4) is 5.75 Å². The number of benzene rings is 2. The standard InChI is InChI=1S/C30H29F6N3O2/c1-2-22-8-7-21(14-27(22)40)13-26-19-38(10-4-6-20-5-3-9-37-18-20)11-12-39(26)28(41)23-15-24(29(31,32)33)17-25(16-23)30(34,35)36/h3-9,14-18,26,40H,2,10-13,19H2,1H3/t26-/m1/s1. The van der Waals surface area contributed by atoms with Crippen molar-refractivity contribution in [3.63, 3.8) is 0 Å². The predicted molar refractivity (Wildman–Crippen MR) is 142 cm³/mol. The third-order valence-electron chi connectivity index (χ3n) is 7.02. The highest BCUT2D eigenvalue weighted by Crippen LogP contribution is 2.37. The van der Waals surface area contributed by atoms with Gasteiger partial charge in [-0.1, -0.05) is 37.3 Å². The number of alkyl halides is 6. The molecule has 1 atom stereocenters. The Balaban J connectivity index is 1.63. The van der Waals surface area contributed by atoms with Crippen LogP contribution in [0.25, 0.3) is 6.08 Å². The van der Waals surface area contributed by atoms with Gasteiger partial charge in [-0.2, -0.15) is 26.3 Å². The van der Waals surface area contributed by atoms with E-state index in [2.05, 4.69) is 9.88 Å². The number of carbonyl (C=O) groups is 1. The summed E-state index contributed by atoms with van der Waals surface area (Å²) in [5, 5.41) is 10.3. The minimum Gasteiger partial charge on any atom is -0.508 e. The predicted octanol–water partition coefficient (Wildman–Crippen LogP) is 6.47. The molecular formula is C30H29F6N3O2. The number of aryl methyl sites for hydroxylation is 1. The molecule has 1 saturated heterocycles. The average molecular weight is 578 g/mol. The zero-order valence-electron chi connectivity index (χ0n) is 22.2. The molecule has 0 aliphatic carbocycles. The summed E-state index contributed by atoms with van der Waals surface area (Å²) < 4.78 is 80.8. The summed E-state index contributed by atoms with van der Waals surface area (Å²) in [6.45, 7) is 3.18. The van der Waals surface area contributed by atoms with Crippen LogP contribution in [0.15, 0.2) is 67.0 Å². The number of hydrogen-bond acceptors (Lipinski definition) is 4. The molecule has 0 radical (unpaired) electrons. The monoisotopic (exact) mass is 577 g/mol. The van der Waals surface area contributed by atoms with E-state index in [1.807, 2.05) is 25.1 Å². The fraction of sp³-hybridized carbons (Fsp3) is 0.333. The van der Waals surface area contributed by atoms with Crippen molar-refractivity contribution >= 4 is 12.0 Å². The summed E-state index contributed by atoms with van der Waals surface area (Å²) in [5.41, 5.74) is -1.43. The second-order valence-electron chi connectivity index (χ2n) is 9.92. The van der Waals surface area contributed by atoms with Gasteiger partial charge in [-0.05, 0) is 59.9 Å². The molecule has 1 N–H and O–H groups in total. The van der Waals surface area contributed by atoms with Gasteiger partial charge in [0.05, 0.1) is 11.1 Å². The van der Waals surface area contributed by atoms with Gasteiger partial charge in [0.25, 0.3) is 5.91 Å². The maximum absolute atomic E-state index is 13.5. The van der Waals surface area contributed by atoms with Crippen LogP contribution in [0.2, 0.25) is 0 Å². The Labute approximate surface area is 233 Å². The summed E-state index contributed by atoms with van der Waals surface area (Å²) in [6, 6.07) is 9.22. The molecule has 5 nitrogen and oxygen atoms in total. The first-order valence-corrected chi connectivity index (χ1v) is 13.0. The van der Waals surface area contributed by atoms with Gasteiger partial charge in [0.15, 0.2) is 0 Å². The van der Waals surface area contributed by atoms with E-state index in [-0.39, 0.29) is 24.8 Å². The van der Waals surface area contributed by atoms with Crippen molar-refractivity contribution in [2.24, 2.45) is 0 Å². The zero-order valence-corrected chi connectivity index (χ0v) is 22.2. The highest BCUT2D eigenvalue weighted by atomic mass is 19.4. The van der Waals surface area contributed by atoms with E-state index in [0.717, 1.165) is 11.1 Å². The molecule has 2 aromatic carbocycles. The van der Waals surface area contributed by atoms with E-state index in [0.29, 0.717) is 43.8 Å². The lowest BCUT2D eigenvalue weighted by Gasteiger charge is -2.41. The molecule has 0 spiro atoms. The van der Waals surface area contributed by atoms with Crippen LogP contribution in [0.4, 0.5) is 26.3 Å². The molecule has 0 unspecified atom stereocenters. The number of pyridine rings is 1. The van der Waals surface area contributed by atoms with E-state index in [1.54, 1.807) is 36.7 Å². The Kier molecular flexibility index (Phi) is 9.06. The van der Waals surface area contributed by atoms with Crippen LogP contribution in [0.5, 0.6) is 5.75 Å². The lowest BCUT2D eigenvalue weighted by atomic mass is 9.98. The van der Waals surface area contributed by atoms with Crippen LogP contribution < -0.4 is 0 Å². The lowest BCUT2D eigenvalue weighted by Crippen LogP contribution is -2.56. The molecule has 0 bridgehead atoms. The van der Waals surface area contributed by atoms with Crippen molar-refractivity contribution in [3.05, 3.63) is 100 Å². The number of piperazine rings is 1. The van der Waals surface area contributed by atoms with Gasteiger partial charge in [0.1, 0.15) is 5.75 Å². The van der Waals surface area contributed by atoms with Crippen molar-refractivity contribution < 1.29 is 36.2 Å². The highest BCUT2D eigenvalue weighted by Gasteiger charge is 2.39. The summed E-state index contributed by atoms with van der Waals surface area (Å²) in [4.78, 5) is 21.0.